The second-order valence-electron chi connectivity index (χ2n) is 4.76. The van der Waals surface area contributed by atoms with E-state index >= 15 is 0 Å². The molecule has 0 radical (unpaired) electrons. The van der Waals surface area contributed by atoms with E-state index in [0.717, 1.165) is 12.2 Å². The molecule has 1 atom stereocenters. The summed E-state index contributed by atoms with van der Waals surface area (Å²) in [6.45, 7) is 6.85. The molecular formula is C13H24F2O2S. The van der Waals surface area contributed by atoms with Gasteiger partial charge in [-0.05, 0) is 24.5 Å². The molecule has 18 heavy (non-hydrogen) atoms. The number of halogens is 2. The van der Waals surface area contributed by atoms with Gasteiger partial charge in [0.15, 0.2) is 0 Å². The van der Waals surface area contributed by atoms with Gasteiger partial charge in [-0.2, -0.15) is 0 Å². The number of carbonyl (C=O) groups is 1. The number of hydrogen-bond acceptors (Lipinski definition) is 3. The molecule has 0 aromatic rings. The Morgan fingerprint density at radius 3 is 2.39 bits per heavy atom. The first-order valence-electron chi connectivity index (χ1n) is 6.45. The normalized spacial score (nSPS) is 13.7. The van der Waals surface area contributed by atoms with Crippen LogP contribution in [0.1, 0.15) is 53.4 Å². The quantitative estimate of drug-likeness (QED) is 0.354. The van der Waals surface area contributed by atoms with Crippen molar-refractivity contribution in [2.45, 2.75) is 64.7 Å². The third kappa shape index (κ3) is 8.72. The fourth-order valence-electron chi connectivity index (χ4n) is 1.39. The molecule has 0 bridgehead atoms. The molecule has 0 aromatic heterocycles. The summed E-state index contributed by atoms with van der Waals surface area (Å²) in [4.78, 5) is 10.9. The van der Waals surface area contributed by atoms with E-state index in [1.807, 2.05) is 13.8 Å². The topological polar surface area (TPSA) is 26.3 Å². The maximum absolute atomic E-state index is 13.0. The van der Waals surface area contributed by atoms with Gasteiger partial charge in [-0.1, -0.05) is 20.8 Å². The van der Waals surface area contributed by atoms with Crippen LogP contribution < -0.4 is 0 Å². The number of alkyl halides is 2. The summed E-state index contributed by atoms with van der Waals surface area (Å²) in [6.07, 6.45) is 1.09. The molecule has 0 amide bonds. The Hall–Kier alpha value is -0.320. The lowest BCUT2D eigenvalue weighted by atomic mass is 10.1. The third-order valence-electron chi connectivity index (χ3n) is 2.56. The van der Waals surface area contributed by atoms with E-state index < -0.39 is 5.92 Å². The molecule has 0 spiro atoms. The van der Waals surface area contributed by atoms with Crippen molar-refractivity contribution in [3.05, 3.63) is 0 Å². The van der Waals surface area contributed by atoms with Gasteiger partial charge < -0.3 is 4.74 Å². The molecule has 0 heterocycles. The Labute approximate surface area is 113 Å². The molecule has 0 saturated carbocycles. The minimum atomic E-state index is -2.53. The van der Waals surface area contributed by atoms with Crippen molar-refractivity contribution < 1.29 is 18.3 Å². The lowest BCUT2D eigenvalue weighted by Crippen LogP contribution is -2.19. The number of thioether (sulfide) groups is 1. The van der Waals surface area contributed by atoms with Gasteiger partial charge in [0.05, 0.1) is 0 Å². The Kier molecular flexibility index (Phi) is 8.57. The highest BCUT2D eigenvalue weighted by molar-refractivity contribution is 7.99. The van der Waals surface area contributed by atoms with Crippen molar-refractivity contribution in [1.82, 2.24) is 0 Å². The molecule has 0 aromatic carbocycles. The number of esters is 1. The van der Waals surface area contributed by atoms with Gasteiger partial charge in [0.25, 0.3) is 0 Å². The van der Waals surface area contributed by atoms with Crippen LogP contribution in [0.3, 0.4) is 0 Å². The summed E-state index contributed by atoms with van der Waals surface area (Å²) in [7, 11) is 0. The molecule has 0 rings (SSSR count). The van der Waals surface area contributed by atoms with Crippen molar-refractivity contribution >= 4 is 17.7 Å². The second kappa shape index (κ2) is 8.73. The Bertz CT molecular complexity index is 245. The third-order valence-corrected chi connectivity index (χ3v) is 4.06. The van der Waals surface area contributed by atoms with Gasteiger partial charge in [0.1, 0.15) is 5.44 Å². The van der Waals surface area contributed by atoms with Gasteiger partial charge in [-0.15, -0.1) is 11.8 Å². The van der Waals surface area contributed by atoms with E-state index in [4.69, 9.17) is 4.74 Å². The zero-order chi connectivity index (χ0) is 14.2. The highest BCUT2D eigenvalue weighted by Crippen LogP contribution is 2.27. The highest BCUT2D eigenvalue weighted by atomic mass is 32.2. The minimum absolute atomic E-state index is 0.0516. The standard InChI is InChI=1S/C13H24F2O2S/c1-5-13(14,15)8-6-7-9-18-12(10(2)3)17-11(4)16/h10,12H,5-9H2,1-4H3. The van der Waals surface area contributed by atoms with Crippen molar-refractivity contribution in [3.8, 4) is 0 Å². The van der Waals surface area contributed by atoms with Crippen LogP contribution >= 0.6 is 11.8 Å². The van der Waals surface area contributed by atoms with E-state index in [0.29, 0.717) is 6.42 Å². The molecule has 5 heteroatoms. The Morgan fingerprint density at radius 2 is 1.94 bits per heavy atom. The lowest BCUT2D eigenvalue weighted by molar-refractivity contribution is -0.143. The first-order valence-corrected chi connectivity index (χ1v) is 7.50. The predicted molar refractivity (Wildman–Crippen MR) is 71.9 cm³/mol. The first kappa shape index (κ1) is 17.7. The molecule has 0 aliphatic heterocycles. The molecule has 0 aliphatic rings. The van der Waals surface area contributed by atoms with E-state index in [2.05, 4.69) is 0 Å². The van der Waals surface area contributed by atoms with Crippen molar-refractivity contribution in [2.75, 3.05) is 5.75 Å². The summed E-state index contributed by atoms with van der Waals surface area (Å²) in [5.74, 6) is -1.84. The fourth-order valence-corrected chi connectivity index (χ4v) is 2.58. The average Bonchev–Trinajstić information content (AvgIpc) is 2.26. The van der Waals surface area contributed by atoms with Gasteiger partial charge in [0, 0.05) is 19.8 Å². The van der Waals surface area contributed by atoms with Crippen LogP contribution in [0.2, 0.25) is 0 Å². The average molecular weight is 282 g/mol. The van der Waals surface area contributed by atoms with Crippen LogP contribution in [0.15, 0.2) is 0 Å². The second-order valence-corrected chi connectivity index (χ2v) is 5.97. The van der Waals surface area contributed by atoms with Gasteiger partial charge in [-0.25, -0.2) is 8.78 Å². The highest BCUT2D eigenvalue weighted by Gasteiger charge is 2.25. The SMILES string of the molecule is CCC(F)(F)CCCCSC(OC(C)=O)C(C)C. The minimum Gasteiger partial charge on any atom is -0.451 e. The molecule has 0 N–H and O–H groups in total. The van der Waals surface area contributed by atoms with Crippen LogP contribution in [-0.2, 0) is 9.53 Å². The summed E-state index contributed by atoms with van der Waals surface area (Å²) in [5.41, 5.74) is -0.172. The van der Waals surface area contributed by atoms with E-state index in [1.54, 1.807) is 0 Å². The summed E-state index contributed by atoms with van der Waals surface area (Å²) in [5, 5.41) is 0. The fraction of sp³-hybridized carbons (Fsp3) is 0.923. The maximum Gasteiger partial charge on any atom is 0.303 e. The van der Waals surface area contributed by atoms with Crippen LogP contribution in [0.25, 0.3) is 0 Å². The zero-order valence-electron chi connectivity index (χ0n) is 11.7. The van der Waals surface area contributed by atoms with Crippen molar-refractivity contribution in [1.29, 1.82) is 0 Å². The van der Waals surface area contributed by atoms with Crippen LogP contribution in [0, 0.1) is 5.92 Å². The summed E-state index contributed by atoms with van der Waals surface area (Å²) < 4.78 is 31.1. The largest absolute Gasteiger partial charge is 0.451 e. The van der Waals surface area contributed by atoms with E-state index in [1.165, 1.54) is 25.6 Å². The molecule has 2 nitrogen and oxygen atoms in total. The molecule has 0 aliphatic carbocycles. The van der Waals surface area contributed by atoms with Crippen molar-refractivity contribution in [3.63, 3.8) is 0 Å². The smallest absolute Gasteiger partial charge is 0.303 e. The summed E-state index contributed by atoms with van der Waals surface area (Å²) in [6, 6.07) is 0. The Balaban J connectivity index is 3.77. The number of ether oxygens (including phenoxy) is 1. The Morgan fingerprint density at radius 1 is 1.33 bits per heavy atom. The summed E-state index contributed by atoms with van der Waals surface area (Å²) >= 11 is 1.53. The molecular weight excluding hydrogens is 258 g/mol. The predicted octanol–water partition coefficient (Wildman–Crippen LogP) is 4.48. The van der Waals surface area contributed by atoms with Crippen LogP contribution in [-0.4, -0.2) is 23.1 Å². The van der Waals surface area contributed by atoms with E-state index in [-0.39, 0.29) is 30.2 Å². The molecule has 1 unspecified atom stereocenters. The van der Waals surface area contributed by atoms with Crippen LogP contribution in [0.4, 0.5) is 8.78 Å². The maximum atomic E-state index is 13.0. The number of unbranched alkanes of at least 4 members (excludes halogenated alkanes) is 1. The number of rotatable bonds is 9. The molecule has 0 fully saturated rings. The monoisotopic (exact) mass is 282 g/mol. The van der Waals surface area contributed by atoms with Gasteiger partial charge in [0.2, 0.25) is 5.92 Å². The molecule has 108 valence electrons. The number of hydrogen-bond donors (Lipinski definition) is 0. The molecule has 0 saturated heterocycles. The number of carbonyl (C=O) groups excluding carboxylic acids is 1. The van der Waals surface area contributed by atoms with Gasteiger partial charge >= 0.3 is 5.97 Å². The zero-order valence-corrected chi connectivity index (χ0v) is 12.5. The van der Waals surface area contributed by atoms with E-state index in [9.17, 15) is 13.6 Å². The van der Waals surface area contributed by atoms with Crippen molar-refractivity contribution in [2.24, 2.45) is 5.92 Å². The van der Waals surface area contributed by atoms with Gasteiger partial charge in [-0.3, -0.25) is 4.79 Å². The first-order chi connectivity index (χ1) is 8.28. The van der Waals surface area contributed by atoms with Crippen LogP contribution in [0.5, 0.6) is 0 Å². The lowest BCUT2D eigenvalue weighted by Gasteiger charge is -2.20.